The number of aliphatic hydroxyl groups excluding tert-OH is 2. The second kappa shape index (κ2) is 18.7. The van der Waals surface area contributed by atoms with Crippen LogP contribution in [0.2, 0.25) is 0 Å². The molecular weight excluding hydrogens is 372 g/mol. The van der Waals surface area contributed by atoms with Crippen molar-refractivity contribution in [2.45, 2.75) is 110 Å². The average molecular weight is 415 g/mol. The summed E-state index contributed by atoms with van der Waals surface area (Å²) in [6, 6.07) is 0. The molecule has 1 atom stereocenters. The van der Waals surface area contributed by atoms with Crippen LogP contribution in [0.25, 0.3) is 0 Å². The molecule has 0 heterocycles. The highest BCUT2D eigenvalue weighted by Gasteiger charge is 2.18. The van der Waals surface area contributed by atoms with Gasteiger partial charge >= 0.3 is 5.97 Å². The maximum Gasteiger partial charge on any atom is 0.305 e. The Bertz CT molecular complexity index is 435. The second-order valence-electron chi connectivity index (χ2n) is 8.07. The summed E-state index contributed by atoms with van der Waals surface area (Å²) >= 11 is 0. The minimum Gasteiger partial charge on any atom is -0.463 e. The van der Waals surface area contributed by atoms with Crippen molar-refractivity contribution in [3.8, 4) is 0 Å². The van der Waals surface area contributed by atoms with E-state index in [-0.39, 0.29) is 30.1 Å². The lowest BCUT2D eigenvalue weighted by Crippen LogP contribution is -2.21. The van der Waals surface area contributed by atoms with E-state index in [9.17, 15) is 14.4 Å². The van der Waals surface area contributed by atoms with Crippen molar-refractivity contribution in [3.05, 3.63) is 0 Å². The van der Waals surface area contributed by atoms with Gasteiger partial charge in [-0.3, -0.25) is 14.4 Å². The fourth-order valence-electron chi connectivity index (χ4n) is 3.39. The molecule has 0 aromatic carbocycles. The van der Waals surface area contributed by atoms with Crippen molar-refractivity contribution in [1.82, 2.24) is 0 Å². The lowest BCUT2D eigenvalue weighted by molar-refractivity contribution is -0.147. The highest BCUT2D eigenvalue weighted by molar-refractivity contribution is 6.00. The molecule has 170 valence electrons. The average Bonchev–Trinajstić information content (AvgIpc) is 2.68. The van der Waals surface area contributed by atoms with Gasteiger partial charge in [0.1, 0.15) is 24.3 Å². The number of carbonyl (C=O) groups is 3. The molecule has 0 aliphatic carbocycles. The van der Waals surface area contributed by atoms with Crippen molar-refractivity contribution in [2.75, 3.05) is 13.2 Å². The lowest BCUT2D eigenvalue weighted by Gasteiger charge is -2.09. The number of hydrogen-bond acceptors (Lipinski definition) is 6. The third-order valence-electron chi connectivity index (χ3n) is 5.25. The standard InChI is InChI=1S/C23H42O6/c1-19(25)22(20(2)26)15-13-11-9-7-5-3-4-6-8-10-12-14-16-23(28)29-18-21(27)17-24/h21-22,24,27H,3-18H2,1-2H3. The van der Waals surface area contributed by atoms with Crippen molar-refractivity contribution >= 4 is 17.5 Å². The molecule has 0 aromatic rings. The fourth-order valence-corrected chi connectivity index (χ4v) is 3.39. The molecule has 0 saturated heterocycles. The minimum atomic E-state index is -0.982. The number of rotatable bonds is 20. The summed E-state index contributed by atoms with van der Waals surface area (Å²) in [6.45, 7) is 2.49. The van der Waals surface area contributed by atoms with Gasteiger partial charge in [0, 0.05) is 6.42 Å². The normalized spacial score (nSPS) is 12.2. The number of ether oxygens (including phenoxy) is 1. The SMILES string of the molecule is CC(=O)C(CCCCCCCCCCCCCCC(=O)OCC(O)CO)C(C)=O. The molecule has 0 aliphatic heterocycles. The van der Waals surface area contributed by atoms with Crippen LogP contribution in [0.1, 0.15) is 104 Å². The topological polar surface area (TPSA) is 101 Å². The van der Waals surface area contributed by atoms with Crippen molar-refractivity contribution in [1.29, 1.82) is 0 Å². The molecular formula is C23H42O6. The van der Waals surface area contributed by atoms with E-state index < -0.39 is 12.7 Å². The van der Waals surface area contributed by atoms with Gasteiger partial charge in [-0.15, -0.1) is 0 Å². The first-order chi connectivity index (χ1) is 13.9. The van der Waals surface area contributed by atoms with Gasteiger partial charge in [0.05, 0.1) is 12.5 Å². The van der Waals surface area contributed by atoms with Crippen LogP contribution in [0.4, 0.5) is 0 Å². The first-order valence-corrected chi connectivity index (χ1v) is 11.3. The first-order valence-electron chi connectivity index (χ1n) is 11.3. The van der Waals surface area contributed by atoms with Gasteiger partial charge in [0.25, 0.3) is 0 Å². The van der Waals surface area contributed by atoms with Crippen molar-refractivity contribution in [2.24, 2.45) is 5.92 Å². The zero-order valence-electron chi connectivity index (χ0n) is 18.5. The number of hydrogen-bond donors (Lipinski definition) is 2. The molecule has 29 heavy (non-hydrogen) atoms. The molecule has 0 fully saturated rings. The van der Waals surface area contributed by atoms with Crippen LogP contribution < -0.4 is 0 Å². The Hall–Kier alpha value is -1.27. The second-order valence-corrected chi connectivity index (χ2v) is 8.07. The zero-order valence-corrected chi connectivity index (χ0v) is 18.5. The molecule has 0 radical (unpaired) electrons. The highest BCUT2D eigenvalue weighted by atomic mass is 16.5. The largest absolute Gasteiger partial charge is 0.463 e. The molecule has 0 amide bonds. The summed E-state index contributed by atoms with van der Waals surface area (Å²) in [5, 5.41) is 17.7. The Morgan fingerprint density at radius 3 is 1.55 bits per heavy atom. The van der Waals surface area contributed by atoms with E-state index in [1.165, 1.54) is 58.8 Å². The Labute approximate surface area is 176 Å². The maximum absolute atomic E-state index is 11.4. The van der Waals surface area contributed by atoms with Crippen LogP contribution >= 0.6 is 0 Å². The molecule has 2 N–H and O–H groups in total. The van der Waals surface area contributed by atoms with E-state index in [0.717, 1.165) is 32.1 Å². The van der Waals surface area contributed by atoms with Crippen LogP contribution in [0, 0.1) is 5.92 Å². The molecule has 0 saturated carbocycles. The Balaban J connectivity index is 3.33. The number of Topliss-reactive ketones (excluding diaryl/α,β-unsaturated/α-hetero) is 2. The highest BCUT2D eigenvalue weighted by Crippen LogP contribution is 2.16. The summed E-state index contributed by atoms with van der Waals surface area (Å²) < 4.78 is 4.86. The predicted octanol–water partition coefficient (Wildman–Crippen LogP) is 4.14. The monoisotopic (exact) mass is 414 g/mol. The number of carbonyl (C=O) groups excluding carboxylic acids is 3. The smallest absolute Gasteiger partial charge is 0.305 e. The van der Waals surface area contributed by atoms with Gasteiger partial charge in [0.15, 0.2) is 0 Å². The van der Waals surface area contributed by atoms with E-state index in [0.29, 0.717) is 12.8 Å². The van der Waals surface area contributed by atoms with Gasteiger partial charge in [-0.2, -0.15) is 0 Å². The molecule has 0 spiro atoms. The van der Waals surface area contributed by atoms with E-state index >= 15 is 0 Å². The van der Waals surface area contributed by atoms with Gasteiger partial charge in [0.2, 0.25) is 0 Å². The Morgan fingerprint density at radius 1 is 0.724 bits per heavy atom. The zero-order chi connectivity index (χ0) is 21.9. The first kappa shape index (κ1) is 27.7. The summed E-state index contributed by atoms with van der Waals surface area (Å²) in [5.41, 5.74) is 0. The van der Waals surface area contributed by atoms with Crippen LogP contribution in [0.15, 0.2) is 0 Å². The molecule has 1 unspecified atom stereocenters. The lowest BCUT2D eigenvalue weighted by atomic mass is 9.93. The Morgan fingerprint density at radius 2 is 1.14 bits per heavy atom. The number of esters is 1. The van der Waals surface area contributed by atoms with Gasteiger partial charge < -0.3 is 14.9 Å². The van der Waals surface area contributed by atoms with Gasteiger partial charge in [-0.05, 0) is 26.7 Å². The molecule has 6 heteroatoms. The summed E-state index contributed by atoms with van der Waals surface area (Å²) in [4.78, 5) is 34.1. The predicted molar refractivity (Wildman–Crippen MR) is 114 cm³/mol. The molecule has 0 aromatic heterocycles. The molecule has 6 nitrogen and oxygen atoms in total. The van der Waals surface area contributed by atoms with E-state index in [1.54, 1.807) is 0 Å². The summed E-state index contributed by atoms with van der Waals surface area (Å²) in [6.07, 6.45) is 13.7. The maximum atomic E-state index is 11.4. The van der Waals surface area contributed by atoms with Crippen molar-refractivity contribution < 1.29 is 29.3 Å². The third kappa shape index (κ3) is 17.3. The number of ketones is 2. The van der Waals surface area contributed by atoms with Crippen molar-refractivity contribution in [3.63, 3.8) is 0 Å². The summed E-state index contributed by atoms with van der Waals surface area (Å²) in [5.74, 6) is -0.707. The van der Waals surface area contributed by atoms with Crippen LogP contribution in [0.5, 0.6) is 0 Å². The van der Waals surface area contributed by atoms with E-state index in [1.807, 2.05) is 0 Å². The number of aliphatic hydroxyl groups is 2. The van der Waals surface area contributed by atoms with E-state index in [4.69, 9.17) is 14.9 Å². The van der Waals surface area contributed by atoms with Gasteiger partial charge in [-0.1, -0.05) is 70.6 Å². The Kier molecular flexibility index (Phi) is 17.9. The number of unbranched alkanes of at least 4 members (excludes halogenated alkanes) is 11. The molecule has 0 rings (SSSR count). The third-order valence-corrected chi connectivity index (χ3v) is 5.25. The quantitative estimate of drug-likeness (QED) is 0.176. The van der Waals surface area contributed by atoms with Crippen LogP contribution in [-0.2, 0) is 19.1 Å². The van der Waals surface area contributed by atoms with Gasteiger partial charge in [-0.25, -0.2) is 0 Å². The van der Waals surface area contributed by atoms with Crippen LogP contribution in [0.3, 0.4) is 0 Å². The van der Waals surface area contributed by atoms with E-state index in [2.05, 4.69) is 0 Å². The summed E-state index contributed by atoms with van der Waals surface area (Å²) in [7, 11) is 0. The molecule has 0 aliphatic rings. The fraction of sp³-hybridized carbons (Fsp3) is 0.870. The van der Waals surface area contributed by atoms with Crippen LogP contribution in [-0.4, -0.2) is 47.1 Å². The molecule has 0 bridgehead atoms. The minimum absolute atomic E-state index is 0.00433.